The van der Waals surface area contributed by atoms with Gasteiger partial charge in [0.05, 0.1) is 11.1 Å². The largest absolute Gasteiger partial charge is 0.315 e. The molecule has 1 fully saturated rings. The molecule has 112 valence electrons. The van der Waals surface area contributed by atoms with E-state index in [-0.39, 0.29) is 5.92 Å². The summed E-state index contributed by atoms with van der Waals surface area (Å²) in [6.07, 6.45) is 4.64. The molecule has 1 aromatic heterocycles. The summed E-state index contributed by atoms with van der Waals surface area (Å²) in [6, 6.07) is 6.99. The van der Waals surface area contributed by atoms with Crippen molar-refractivity contribution < 1.29 is 8.42 Å². The van der Waals surface area contributed by atoms with Gasteiger partial charge in [0.1, 0.15) is 0 Å². The maximum atomic E-state index is 13.0. The molecule has 1 aromatic carbocycles. The summed E-state index contributed by atoms with van der Waals surface area (Å²) in [5.41, 5.74) is 6.12. The van der Waals surface area contributed by atoms with Gasteiger partial charge < -0.3 is 5.73 Å². The van der Waals surface area contributed by atoms with E-state index in [9.17, 15) is 8.42 Å². The molecule has 1 aliphatic heterocycles. The topological polar surface area (TPSA) is 76.3 Å². The van der Waals surface area contributed by atoms with Gasteiger partial charge in [0.2, 0.25) is 10.0 Å². The van der Waals surface area contributed by atoms with Crippen LogP contribution in [0.1, 0.15) is 19.8 Å². The summed E-state index contributed by atoms with van der Waals surface area (Å²) in [5, 5.41) is 1.51. The Balaban J connectivity index is 2.12. The zero-order valence-corrected chi connectivity index (χ0v) is 12.8. The molecule has 2 atom stereocenters. The van der Waals surface area contributed by atoms with Gasteiger partial charge in [0.15, 0.2) is 0 Å². The second kappa shape index (κ2) is 5.36. The van der Waals surface area contributed by atoms with Crippen LogP contribution in [0.3, 0.4) is 0 Å². The maximum absolute atomic E-state index is 13.0. The number of nitrogens with zero attached hydrogens (tertiary/aromatic N) is 2. The molecule has 2 heterocycles. The third-order valence-corrected chi connectivity index (χ3v) is 6.14. The fraction of sp³-hybridized carbons (Fsp3) is 0.400. The Bertz CT molecular complexity index is 755. The molecule has 1 aliphatic rings. The lowest BCUT2D eigenvalue weighted by Gasteiger charge is -2.36. The first kappa shape index (κ1) is 14.4. The van der Waals surface area contributed by atoms with Gasteiger partial charge in [-0.2, -0.15) is 4.31 Å². The third kappa shape index (κ3) is 2.43. The lowest BCUT2D eigenvalue weighted by Crippen LogP contribution is -2.52. The van der Waals surface area contributed by atoms with Crippen LogP contribution in [0, 0.1) is 5.92 Å². The molecule has 3 rings (SSSR count). The number of benzene rings is 1. The highest BCUT2D eigenvalue weighted by Crippen LogP contribution is 2.30. The summed E-state index contributed by atoms with van der Waals surface area (Å²) >= 11 is 0. The first-order valence-electron chi connectivity index (χ1n) is 7.12. The van der Waals surface area contributed by atoms with Gasteiger partial charge >= 0.3 is 0 Å². The summed E-state index contributed by atoms with van der Waals surface area (Å²) in [4.78, 5) is 4.35. The third-order valence-electron chi connectivity index (χ3n) is 4.18. The van der Waals surface area contributed by atoms with Gasteiger partial charge in [-0.1, -0.05) is 19.1 Å². The molecule has 0 radical (unpaired) electrons. The van der Waals surface area contributed by atoms with Crippen LogP contribution < -0.4 is 5.73 Å². The second-order valence-corrected chi connectivity index (χ2v) is 7.44. The predicted octanol–water partition coefficient (Wildman–Crippen LogP) is 1.94. The average molecular weight is 305 g/mol. The Labute approximate surface area is 124 Å². The number of piperidine rings is 1. The van der Waals surface area contributed by atoms with Gasteiger partial charge in [-0.15, -0.1) is 0 Å². The molecule has 0 saturated carbocycles. The van der Waals surface area contributed by atoms with Crippen molar-refractivity contribution in [2.75, 3.05) is 6.54 Å². The van der Waals surface area contributed by atoms with Crippen LogP contribution in [0.4, 0.5) is 0 Å². The fourth-order valence-corrected chi connectivity index (χ4v) is 4.76. The van der Waals surface area contributed by atoms with Crippen molar-refractivity contribution in [1.82, 2.24) is 9.29 Å². The Hall–Kier alpha value is -1.50. The quantitative estimate of drug-likeness (QED) is 0.920. The fourth-order valence-electron chi connectivity index (χ4n) is 2.90. The van der Waals surface area contributed by atoms with Crippen LogP contribution >= 0.6 is 0 Å². The van der Waals surface area contributed by atoms with E-state index in [1.54, 1.807) is 30.6 Å². The minimum atomic E-state index is -3.59. The highest BCUT2D eigenvalue weighted by molar-refractivity contribution is 7.89. The number of hydrogen-bond acceptors (Lipinski definition) is 4. The summed E-state index contributed by atoms with van der Waals surface area (Å²) in [7, 11) is -3.59. The van der Waals surface area contributed by atoms with Crippen molar-refractivity contribution in [3.8, 4) is 0 Å². The van der Waals surface area contributed by atoms with E-state index >= 15 is 0 Å². The number of aromatic nitrogens is 1. The summed E-state index contributed by atoms with van der Waals surface area (Å²) in [6.45, 7) is 2.48. The van der Waals surface area contributed by atoms with Crippen molar-refractivity contribution in [3.05, 3.63) is 36.7 Å². The SMILES string of the molecule is CC1CCCN(S(=O)(=O)c2cccc3cnccc23)C1N. The lowest BCUT2D eigenvalue weighted by atomic mass is 9.99. The van der Waals surface area contributed by atoms with E-state index in [1.165, 1.54) is 4.31 Å². The van der Waals surface area contributed by atoms with Crippen LogP contribution in [0.2, 0.25) is 0 Å². The summed E-state index contributed by atoms with van der Waals surface area (Å²) in [5.74, 6) is 0.171. The minimum absolute atomic E-state index is 0.171. The molecule has 21 heavy (non-hydrogen) atoms. The molecule has 1 saturated heterocycles. The van der Waals surface area contributed by atoms with Crippen LogP contribution in [0.15, 0.2) is 41.6 Å². The Kier molecular flexibility index (Phi) is 3.69. The van der Waals surface area contributed by atoms with E-state index in [0.29, 0.717) is 16.8 Å². The Morgan fingerprint density at radius 1 is 1.33 bits per heavy atom. The van der Waals surface area contributed by atoms with Gasteiger partial charge in [-0.05, 0) is 30.9 Å². The first-order valence-corrected chi connectivity index (χ1v) is 8.56. The van der Waals surface area contributed by atoms with Gasteiger partial charge in [-0.25, -0.2) is 8.42 Å². The molecule has 0 aliphatic carbocycles. The normalized spacial score (nSPS) is 24.3. The highest BCUT2D eigenvalue weighted by Gasteiger charge is 2.35. The van der Waals surface area contributed by atoms with Crippen molar-refractivity contribution in [1.29, 1.82) is 0 Å². The molecule has 0 amide bonds. The molecule has 5 nitrogen and oxygen atoms in total. The molecular weight excluding hydrogens is 286 g/mol. The van der Waals surface area contributed by atoms with E-state index < -0.39 is 16.2 Å². The molecular formula is C15H19N3O2S. The van der Waals surface area contributed by atoms with E-state index in [2.05, 4.69) is 4.98 Å². The molecule has 2 unspecified atom stereocenters. The number of fused-ring (bicyclic) bond motifs is 1. The zero-order chi connectivity index (χ0) is 15.0. The average Bonchev–Trinajstić information content (AvgIpc) is 2.49. The molecule has 0 bridgehead atoms. The smallest absolute Gasteiger partial charge is 0.245 e. The van der Waals surface area contributed by atoms with E-state index in [1.807, 2.05) is 13.0 Å². The number of pyridine rings is 1. The highest BCUT2D eigenvalue weighted by atomic mass is 32.2. The van der Waals surface area contributed by atoms with E-state index in [4.69, 9.17) is 5.73 Å². The zero-order valence-electron chi connectivity index (χ0n) is 11.9. The van der Waals surface area contributed by atoms with E-state index in [0.717, 1.165) is 18.2 Å². The predicted molar refractivity (Wildman–Crippen MR) is 82.0 cm³/mol. The van der Waals surface area contributed by atoms with Crippen LogP contribution in [-0.4, -0.2) is 30.4 Å². The summed E-state index contributed by atoms with van der Waals surface area (Å²) < 4.78 is 27.4. The van der Waals surface area contributed by atoms with Crippen molar-refractivity contribution >= 4 is 20.8 Å². The number of sulfonamides is 1. The van der Waals surface area contributed by atoms with Gasteiger partial charge in [0.25, 0.3) is 0 Å². The van der Waals surface area contributed by atoms with Crippen LogP contribution in [-0.2, 0) is 10.0 Å². The molecule has 2 aromatic rings. The molecule has 0 spiro atoms. The Morgan fingerprint density at radius 3 is 2.95 bits per heavy atom. The number of hydrogen-bond donors (Lipinski definition) is 1. The first-order chi connectivity index (χ1) is 10.0. The van der Waals surface area contributed by atoms with Crippen molar-refractivity contribution in [2.45, 2.75) is 30.8 Å². The second-order valence-electron chi connectivity index (χ2n) is 5.58. The Morgan fingerprint density at radius 2 is 2.14 bits per heavy atom. The maximum Gasteiger partial charge on any atom is 0.245 e. The van der Waals surface area contributed by atoms with Crippen LogP contribution in [0.5, 0.6) is 0 Å². The number of rotatable bonds is 2. The van der Waals surface area contributed by atoms with Gasteiger partial charge in [0, 0.05) is 29.7 Å². The number of nitrogens with two attached hydrogens (primary N) is 1. The minimum Gasteiger partial charge on any atom is -0.315 e. The standard InChI is InChI=1S/C15H19N3O2S/c1-11-4-3-9-18(15(11)16)21(19,20)14-6-2-5-12-10-17-8-7-13(12)14/h2,5-8,10-11,15H,3-4,9,16H2,1H3. The monoisotopic (exact) mass is 305 g/mol. The lowest BCUT2D eigenvalue weighted by molar-refractivity contribution is 0.192. The van der Waals surface area contributed by atoms with Gasteiger partial charge in [-0.3, -0.25) is 4.98 Å². The molecule has 6 heteroatoms. The van der Waals surface area contributed by atoms with Crippen LogP contribution in [0.25, 0.3) is 10.8 Å². The van der Waals surface area contributed by atoms with Crippen molar-refractivity contribution in [3.63, 3.8) is 0 Å². The van der Waals surface area contributed by atoms with Crippen molar-refractivity contribution in [2.24, 2.45) is 11.7 Å². The molecule has 2 N–H and O–H groups in total.